The lowest BCUT2D eigenvalue weighted by molar-refractivity contribution is 0.102. The van der Waals surface area contributed by atoms with Crippen molar-refractivity contribution in [2.45, 2.75) is 11.8 Å². The Bertz CT molecular complexity index is 1270. The minimum Gasteiger partial charge on any atom is -0.494 e. The van der Waals surface area contributed by atoms with Gasteiger partial charge in [0.15, 0.2) is 0 Å². The summed E-state index contributed by atoms with van der Waals surface area (Å²) in [6.07, 6.45) is 0. The van der Waals surface area contributed by atoms with E-state index in [4.69, 9.17) is 27.9 Å². The van der Waals surface area contributed by atoms with E-state index in [9.17, 15) is 22.0 Å². The first-order chi connectivity index (χ1) is 15.1. The van der Waals surface area contributed by atoms with Gasteiger partial charge in [-0.1, -0.05) is 23.2 Å². The molecule has 0 radical (unpaired) electrons. The molecule has 0 fully saturated rings. The van der Waals surface area contributed by atoms with Crippen molar-refractivity contribution < 1.29 is 26.7 Å². The van der Waals surface area contributed by atoms with Crippen LogP contribution in [-0.2, 0) is 10.0 Å². The maximum absolute atomic E-state index is 13.9. The van der Waals surface area contributed by atoms with E-state index < -0.39 is 32.5 Å². The molecule has 3 rings (SSSR count). The lowest BCUT2D eigenvalue weighted by atomic mass is 10.2. The van der Waals surface area contributed by atoms with Crippen molar-refractivity contribution in [3.05, 3.63) is 81.8 Å². The first-order valence-electron chi connectivity index (χ1n) is 9.12. The summed E-state index contributed by atoms with van der Waals surface area (Å²) in [4.78, 5) is 12.2. The lowest BCUT2D eigenvalue weighted by Crippen LogP contribution is -2.17. The van der Waals surface area contributed by atoms with Gasteiger partial charge in [-0.25, -0.2) is 17.2 Å². The molecule has 0 heterocycles. The number of halogens is 4. The highest BCUT2D eigenvalue weighted by atomic mass is 35.5. The van der Waals surface area contributed by atoms with Gasteiger partial charge in [-0.15, -0.1) is 0 Å². The van der Waals surface area contributed by atoms with Gasteiger partial charge in [-0.2, -0.15) is 0 Å². The molecule has 2 N–H and O–H groups in total. The summed E-state index contributed by atoms with van der Waals surface area (Å²) < 4.78 is 60.3. The molecule has 0 aromatic heterocycles. The van der Waals surface area contributed by atoms with Gasteiger partial charge in [-0.05, 0) is 55.5 Å². The molecule has 32 heavy (non-hydrogen) atoms. The van der Waals surface area contributed by atoms with Crippen LogP contribution in [0.2, 0.25) is 10.0 Å². The van der Waals surface area contributed by atoms with Gasteiger partial charge in [0.1, 0.15) is 22.3 Å². The minimum atomic E-state index is -4.21. The Morgan fingerprint density at radius 3 is 2.31 bits per heavy atom. The lowest BCUT2D eigenvalue weighted by Gasteiger charge is -2.13. The van der Waals surface area contributed by atoms with Crippen molar-refractivity contribution >= 4 is 50.5 Å². The third kappa shape index (κ3) is 5.48. The number of benzene rings is 3. The number of sulfonamides is 1. The number of rotatable bonds is 7. The van der Waals surface area contributed by atoms with Crippen LogP contribution in [0.1, 0.15) is 17.3 Å². The molecular weight excluding hydrogens is 485 g/mol. The van der Waals surface area contributed by atoms with E-state index in [-0.39, 0.29) is 27.0 Å². The number of hydrogen-bond donors (Lipinski definition) is 2. The van der Waals surface area contributed by atoms with Crippen LogP contribution < -0.4 is 14.8 Å². The number of ether oxygens (including phenoxy) is 1. The highest BCUT2D eigenvalue weighted by Gasteiger charge is 2.23. The quantitative estimate of drug-likeness (QED) is 0.434. The first-order valence-corrected chi connectivity index (χ1v) is 11.4. The highest BCUT2D eigenvalue weighted by molar-refractivity contribution is 7.92. The number of carbonyl (C=O) groups excluding carboxylic acids is 1. The Labute approximate surface area is 193 Å². The van der Waals surface area contributed by atoms with Crippen LogP contribution in [0.4, 0.5) is 20.2 Å². The third-order valence-electron chi connectivity index (χ3n) is 4.15. The van der Waals surface area contributed by atoms with E-state index in [1.807, 2.05) is 6.92 Å². The summed E-state index contributed by atoms with van der Waals surface area (Å²) in [6.45, 7) is 2.27. The summed E-state index contributed by atoms with van der Waals surface area (Å²) in [5.74, 6) is -2.17. The minimum absolute atomic E-state index is 0.157. The molecule has 3 aromatic rings. The SMILES string of the molecule is CCOc1ccc(NS(=O)(=O)c2cc(C(=O)Nc3ccc(F)cc3F)c(Cl)cc2Cl)cc1. The maximum Gasteiger partial charge on any atom is 0.263 e. The molecule has 168 valence electrons. The van der Waals surface area contributed by atoms with Crippen molar-refractivity contribution in [1.29, 1.82) is 0 Å². The number of nitrogens with one attached hydrogen (secondary N) is 2. The molecule has 0 atom stereocenters. The van der Waals surface area contributed by atoms with Gasteiger partial charge in [-0.3, -0.25) is 9.52 Å². The van der Waals surface area contributed by atoms with Gasteiger partial charge in [0.2, 0.25) is 0 Å². The van der Waals surface area contributed by atoms with E-state index in [0.29, 0.717) is 18.4 Å². The fourth-order valence-electron chi connectivity index (χ4n) is 2.69. The molecule has 3 aromatic carbocycles. The van der Waals surface area contributed by atoms with Gasteiger partial charge in [0.25, 0.3) is 15.9 Å². The first kappa shape index (κ1) is 23.8. The Kier molecular flexibility index (Phi) is 7.22. The predicted molar refractivity (Wildman–Crippen MR) is 119 cm³/mol. The van der Waals surface area contributed by atoms with Crippen molar-refractivity contribution in [2.24, 2.45) is 0 Å². The number of anilines is 2. The van der Waals surface area contributed by atoms with Gasteiger partial charge >= 0.3 is 0 Å². The summed E-state index contributed by atoms with van der Waals surface area (Å²) in [6, 6.07) is 10.8. The second kappa shape index (κ2) is 9.72. The molecule has 1 amide bonds. The largest absolute Gasteiger partial charge is 0.494 e. The maximum atomic E-state index is 13.9. The predicted octanol–water partition coefficient (Wildman–Crippen LogP) is 5.72. The van der Waals surface area contributed by atoms with Crippen LogP contribution in [0.15, 0.2) is 59.5 Å². The van der Waals surface area contributed by atoms with Crippen LogP contribution in [0.5, 0.6) is 5.75 Å². The highest BCUT2D eigenvalue weighted by Crippen LogP contribution is 2.31. The summed E-state index contributed by atoms with van der Waals surface area (Å²) in [5.41, 5.74) is -0.343. The van der Waals surface area contributed by atoms with E-state index in [1.165, 1.54) is 12.1 Å². The van der Waals surface area contributed by atoms with Gasteiger partial charge < -0.3 is 10.1 Å². The zero-order chi connectivity index (χ0) is 23.5. The summed E-state index contributed by atoms with van der Waals surface area (Å²) in [7, 11) is -4.21. The van der Waals surface area contributed by atoms with Crippen LogP contribution in [0.25, 0.3) is 0 Å². The molecule has 0 aliphatic rings. The van der Waals surface area contributed by atoms with E-state index in [0.717, 1.165) is 24.3 Å². The topological polar surface area (TPSA) is 84.5 Å². The third-order valence-corrected chi connectivity index (χ3v) is 6.31. The Morgan fingerprint density at radius 2 is 1.69 bits per heavy atom. The molecule has 11 heteroatoms. The Morgan fingerprint density at radius 1 is 1.00 bits per heavy atom. The number of hydrogen-bond acceptors (Lipinski definition) is 4. The van der Waals surface area contributed by atoms with Gasteiger partial charge in [0.05, 0.1) is 27.9 Å². The zero-order valence-corrected chi connectivity index (χ0v) is 18.8. The van der Waals surface area contributed by atoms with Crippen molar-refractivity contribution in [1.82, 2.24) is 0 Å². The van der Waals surface area contributed by atoms with Crippen LogP contribution in [0, 0.1) is 11.6 Å². The van der Waals surface area contributed by atoms with Crippen LogP contribution >= 0.6 is 23.2 Å². The molecule has 0 saturated heterocycles. The smallest absolute Gasteiger partial charge is 0.263 e. The average molecular weight is 501 g/mol. The second-order valence-electron chi connectivity index (χ2n) is 6.40. The standard InChI is InChI=1S/C21H16Cl2F2N2O4S/c1-2-31-14-6-4-13(5-7-14)27-32(29,30)20-10-15(16(22)11-17(20)23)21(28)26-19-8-3-12(24)9-18(19)25/h3-11,27H,2H2,1H3,(H,26,28). The molecular formula is C21H16Cl2F2N2O4S. The zero-order valence-electron chi connectivity index (χ0n) is 16.5. The fraction of sp³-hybridized carbons (Fsp3) is 0.0952. The Hall–Kier alpha value is -2.88. The summed E-state index contributed by atoms with van der Waals surface area (Å²) >= 11 is 12.1. The van der Waals surface area contributed by atoms with Crippen LogP contribution in [-0.4, -0.2) is 20.9 Å². The van der Waals surface area contributed by atoms with Crippen molar-refractivity contribution in [2.75, 3.05) is 16.6 Å². The monoisotopic (exact) mass is 500 g/mol. The van der Waals surface area contributed by atoms with Crippen molar-refractivity contribution in [3.8, 4) is 5.75 Å². The van der Waals surface area contributed by atoms with Crippen LogP contribution in [0.3, 0.4) is 0 Å². The molecule has 0 aliphatic heterocycles. The van der Waals surface area contributed by atoms with Crippen molar-refractivity contribution in [3.63, 3.8) is 0 Å². The Balaban J connectivity index is 1.90. The van der Waals surface area contributed by atoms with E-state index in [1.54, 1.807) is 12.1 Å². The summed E-state index contributed by atoms with van der Waals surface area (Å²) in [5, 5.41) is 1.84. The van der Waals surface area contributed by atoms with E-state index >= 15 is 0 Å². The molecule has 0 saturated carbocycles. The molecule has 0 aliphatic carbocycles. The van der Waals surface area contributed by atoms with Gasteiger partial charge in [0, 0.05) is 11.8 Å². The normalized spacial score (nSPS) is 11.2. The van der Waals surface area contributed by atoms with E-state index in [2.05, 4.69) is 10.0 Å². The fourth-order valence-corrected chi connectivity index (χ4v) is 4.60. The number of amides is 1. The molecule has 0 spiro atoms. The molecule has 6 nitrogen and oxygen atoms in total. The molecule has 0 unspecified atom stereocenters. The second-order valence-corrected chi connectivity index (χ2v) is 8.87. The number of carbonyl (C=O) groups is 1. The average Bonchev–Trinajstić information content (AvgIpc) is 2.71. The molecule has 0 bridgehead atoms.